The number of nitrogens with zero attached hydrogens (tertiary/aromatic N) is 4. The number of sulfonamides is 1. The number of benzene rings is 1. The molecule has 4 rings (SSSR count). The van der Waals surface area contributed by atoms with E-state index in [2.05, 4.69) is 20.4 Å². The lowest BCUT2D eigenvalue weighted by molar-refractivity contribution is 0.346. The maximum atomic E-state index is 13.2. The van der Waals surface area contributed by atoms with Gasteiger partial charge in [0.05, 0.1) is 16.6 Å². The number of anilines is 1. The van der Waals surface area contributed by atoms with Crippen molar-refractivity contribution in [1.82, 2.24) is 24.1 Å². The van der Waals surface area contributed by atoms with Gasteiger partial charge in [-0.3, -0.25) is 9.78 Å². The molecular weight excluding hydrogens is 416 g/mol. The van der Waals surface area contributed by atoms with Crippen LogP contribution in [0, 0.1) is 0 Å². The third-order valence-electron chi connectivity index (χ3n) is 5.43. The normalized spacial score (nSPS) is 16.0. The van der Waals surface area contributed by atoms with Gasteiger partial charge in [-0.15, -0.1) is 0 Å². The van der Waals surface area contributed by atoms with Gasteiger partial charge in [0, 0.05) is 19.6 Å². The van der Waals surface area contributed by atoms with E-state index in [0.29, 0.717) is 29.7 Å². The maximum Gasteiger partial charge on any atom is 0.263 e. The molecule has 10 heteroatoms. The molecule has 166 valence electrons. The van der Waals surface area contributed by atoms with E-state index in [0.717, 1.165) is 19.3 Å². The quantitative estimate of drug-likeness (QED) is 0.626. The number of aromatic amines is 1. The topological polar surface area (TPSA) is 113 Å². The molecule has 0 bridgehead atoms. The Labute approximate surface area is 181 Å². The van der Waals surface area contributed by atoms with E-state index in [-0.39, 0.29) is 28.5 Å². The number of nitrogens with one attached hydrogen (secondary N) is 2. The highest BCUT2D eigenvalue weighted by Gasteiger charge is 2.28. The third kappa shape index (κ3) is 4.22. The van der Waals surface area contributed by atoms with E-state index in [1.165, 1.54) is 6.20 Å². The van der Waals surface area contributed by atoms with Gasteiger partial charge >= 0.3 is 0 Å². The zero-order valence-electron chi connectivity index (χ0n) is 18.1. The summed E-state index contributed by atoms with van der Waals surface area (Å²) in [5, 5.41) is 7.80. The van der Waals surface area contributed by atoms with Crippen LogP contribution in [0.2, 0.25) is 0 Å². The smallest absolute Gasteiger partial charge is 0.263 e. The minimum atomic E-state index is -3.57. The van der Waals surface area contributed by atoms with Gasteiger partial charge in [-0.1, -0.05) is 24.6 Å². The first-order valence-corrected chi connectivity index (χ1v) is 11.9. The number of H-pyrrole nitrogens is 1. The predicted octanol–water partition coefficient (Wildman–Crippen LogP) is 2.66. The fourth-order valence-corrected chi connectivity index (χ4v) is 5.56. The standard InChI is InChI=1S/C21H28N6O3S/c1-21(2,3)27-18-16(14-23-27)19(28)25-20(24-18)22-13-15-9-5-6-10-17(15)31(29,30)26-11-7-4-8-12-26/h5-6,9-10,14H,4,7-8,11-13H2,1-3H3,(H2,22,24,25,28). The van der Waals surface area contributed by atoms with Crippen molar-refractivity contribution in [3.63, 3.8) is 0 Å². The van der Waals surface area contributed by atoms with Crippen LogP contribution in [0.15, 0.2) is 40.2 Å². The first-order chi connectivity index (χ1) is 14.7. The summed E-state index contributed by atoms with van der Waals surface area (Å²) in [7, 11) is -3.57. The van der Waals surface area contributed by atoms with Crippen molar-refractivity contribution < 1.29 is 8.42 Å². The van der Waals surface area contributed by atoms with E-state index in [1.54, 1.807) is 33.3 Å². The highest BCUT2D eigenvalue weighted by Crippen LogP contribution is 2.24. The number of aromatic nitrogens is 4. The van der Waals surface area contributed by atoms with Crippen LogP contribution in [0.25, 0.3) is 11.0 Å². The van der Waals surface area contributed by atoms with Crippen molar-refractivity contribution in [3.8, 4) is 0 Å². The van der Waals surface area contributed by atoms with Crippen LogP contribution in [0.3, 0.4) is 0 Å². The Morgan fingerprint density at radius 2 is 1.84 bits per heavy atom. The van der Waals surface area contributed by atoms with E-state index >= 15 is 0 Å². The van der Waals surface area contributed by atoms with Gasteiger partial charge in [0.1, 0.15) is 5.39 Å². The minimum Gasteiger partial charge on any atom is -0.352 e. The molecule has 9 nitrogen and oxygen atoms in total. The second-order valence-electron chi connectivity index (χ2n) is 8.81. The largest absolute Gasteiger partial charge is 0.352 e. The number of piperidine rings is 1. The molecule has 1 saturated heterocycles. The number of fused-ring (bicyclic) bond motifs is 1. The summed E-state index contributed by atoms with van der Waals surface area (Å²) in [6.07, 6.45) is 4.33. The lowest BCUT2D eigenvalue weighted by Gasteiger charge is -2.26. The van der Waals surface area contributed by atoms with Crippen LogP contribution in [0.5, 0.6) is 0 Å². The van der Waals surface area contributed by atoms with Crippen molar-refractivity contribution in [3.05, 3.63) is 46.4 Å². The van der Waals surface area contributed by atoms with E-state index < -0.39 is 10.0 Å². The fourth-order valence-electron chi connectivity index (χ4n) is 3.82. The van der Waals surface area contributed by atoms with E-state index in [1.807, 2.05) is 20.8 Å². The Kier molecular flexibility index (Phi) is 5.61. The summed E-state index contributed by atoms with van der Waals surface area (Å²) in [6, 6.07) is 6.95. The SMILES string of the molecule is CC(C)(C)n1ncc2c(=O)[nH]c(NCc3ccccc3S(=O)(=O)N3CCCCC3)nc21. The van der Waals surface area contributed by atoms with Gasteiger partial charge in [0.15, 0.2) is 5.65 Å². The van der Waals surface area contributed by atoms with Crippen LogP contribution in [-0.4, -0.2) is 45.6 Å². The van der Waals surface area contributed by atoms with Crippen LogP contribution >= 0.6 is 0 Å². The molecule has 1 fully saturated rings. The highest BCUT2D eigenvalue weighted by molar-refractivity contribution is 7.89. The molecule has 0 spiro atoms. The van der Waals surface area contributed by atoms with Crippen LogP contribution in [-0.2, 0) is 22.1 Å². The molecule has 0 atom stereocenters. The molecule has 0 unspecified atom stereocenters. The van der Waals surface area contributed by atoms with Crippen molar-refractivity contribution in [2.45, 2.75) is 57.0 Å². The molecule has 0 radical (unpaired) electrons. The minimum absolute atomic E-state index is 0.210. The molecule has 3 heterocycles. The van der Waals surface area contributed by atoms with Crippen LogP contribution in [0.4, 0.5) is 5.95 Å². The van der Waals surface area contributed by atoms with E-state index in [9.17, 15) is 13.2 Å². The van der Waals surface area contributed by atoms with Gasteiger partial charge in [0.2, 0.25) is 16.0 Å². The van der Waals surface area contributed by atoms with Crippen molar-refractivity contribution in [1.29, 1.82) is 0 Å². The summed E-state index contributed by atoms with van der Waals surface area (Å²) >= 11 is 0. The lowest BCUT2D eigenvalue weighted by Crippen LogP contribution is -2.36. The molecule has 0 saturated carbocycles. The Bertz CT molecular complexity index is 1250. The average Bonchev–Trinajstić information content (AvgIpc) is 3.18. The summed E-state index contributed by atoms with van der Waals surface area (Å²) in [5.41, 5.74) is 0.472. The third-order valence-corrected chi connectivity index (χ3v) is 7.42. The zero-order chi connectivity index (χ0) is 22.2. The molecule has 2 N–H and O–H groups in total. The molecule has 1 aliphatic heterocycles. The Hall–Kier alpha value is -2.72. The molecule has 2 aromatic heterocycles. The van der Waals surface area contributed by atoms with Crippen LogP contribution < -0.4 is 10.9 Å². The highest BCUT2D eigenvalue weighted by atomic mass is 32.2. The van der Waals surface area contributed by atoms with Gasteiger partial charge in [0.25, 0.3) is 5.56 Å². The van der Waals surface area contributed by atoms with Gasteiger partial charge in [-0.25, -0.2) is 13.1 Å². The van der Waals surface area contributed by atoms with Crippen molar-refractivity contribution >= 4 is 27.0 Å². The van der Waals surface area contributed by atoms with Crippen molar-refractivity contribution in [2.75, 3.05) is 18.4 Å². The molecular formula is C21H28N6O3S. The molecule has 31 heavy (non-hydrogen) atoms. The Balaban J connectivity index is 1.63. The molecule has 1 aliphatic rings. The van der Waals surface area contributed by atoms with Crippen LogP contribution in [0.1, 0.15) is 45.6 Å². The number of hydrogen-bond donors (Lipinski definition) is 2. The summed E-state index contributed by atoms with van der Waals surface area (Å²) < 4.78 is 29.6. The zero-order valence-corrected chi connectivity index (χ0v) is 18.9. The summed E-state index contributed by atoms with van der Waals surface area (Å²) in [6.45, 7) is 7.26. The molecule has 0 amide bonds. The fraction of sp³-hybridized carbons (Fsp3) is 0.476. The molecule has 3 aromatic rings. The maximum absolute atomic E-state index is 13.2. The average molecular weight is 445 g/mol. The predicted molar refractivity (Wildman–Crippen MR) is 120 cm³/mol. The van der Waals surface area contributed by atoms with E-state index in [4.69, 9.17) is 0 Å². The first-order valence-electron chi connectivity index (χ1n) is 10.5. The Morgan fingerprint density at radius 1 is 1.13 bits per heavy atom. The summed E-state index contributed by atoms with van der Waals surface area (Å²) in [4.78, 5) is 20.0. The van der Waals surface area contributed by atoms with Gasteiger partial charge in [-0.2, -0.15) is 14.4 Å². The second-order valence-corrected chi connectivity index (χ2v) is 10.7. The first kappa shape index (κ1) is 21.5. The number of rotatable bonds is 5. The summed E-state index contributed by atoms with van der Waals surface area (Å²) in [5.74, 6) is 0.272. The second kappa shape index (κ2) is 8.08. The van der Waals surface area contributed by atoms with Crippen molar-refractivity contribution in [2.24, 2.45) is 0 Å². The molecule has 0 aliphatic carbocycles. The molecule has 1 aromatic carbocycles. The number of hydrogen-bond acceptors (Lipinski definition) is 6. The monoisotopic (exact) mass is 444 g/mol. The van der Waals surface area contributed by atoms with Gasteiger partial charge in [-0.05, 0) is 45.2 Å². The lowest BCUT2D eigenvalue weighted by atomic mass is 10.1. The van der Waals surface area contributed by atoms with Gasteiger partial charge < -0.3 is 5.32 Å². The Morgan fingerprint density at radius 3 is 2.55 bits per heavy atom.